The van der Waals surface area contributed by atoms with Crippen LogP contribution in [0.15, 0.2) is 72.0 Å². The fraction of sp³-hybridized carbons (Fsp3) is 0.273. The molecular formula is C22H27N5O. The van der Waals surface area contributed by atoms with Crippen molar-refractivity contribution in [2.45, 2.75) is 19.5 Å². The number of methoxy groups -OCH3 is 1. The molecule has 1 heterocycles. The first-order chi connectivity index (χ1) is 13.8. The number of rotatable bonds is 8. The van der Waals surface area contributed by atoms with Crippen molar-refractivity contribution in [3.8, 4) is 5.75 Å². The van der Waals surface area contributed by atoms with Crippen molar-refractivity contribution in [1.29, 1.82) is 0 Å². The highest BCUT2D eigenvalue weighted by atomic mass is 16.5. The third kappa shape index (κ3) is 5.36. The van der Waals surface area contributed by atoms with E-state index in [1.165, 1.54) is 11.1 Å². The van der Waals surface area contributed by atoms with Gasteiger partial charge < -0.3 is 19.9 Å². The average molecular weight is 377 g/mol. The lowest BCUT2D eigenvalue weighted by molar-refractivity contribution is 0.409. The summed E-state index contributed by atoms with van der Waals surface area (Å²) in [6, 6.07) is 18.4. The molecule has 0 amide bonds. The third-order valence-electron chi connectivity index (χ3n) is 4.51. The minimum atomic E-state index is 0.605. The van der Waals surface area contributed by atoms with Crippen LogP contribution in [0.3, 0.4) is 0 Å². The van der Waals surface area contributed by atoms with Gasteiger partial charge in [0, 0.05) is 32.5 Å². The SMILES string of the molecule is CN=C(NCCc1ccccc1OC)NCc1nccn1Cc1ccccc1. The molecule has 2 aromatic carbocycles. The summed E-state index contributed by atoms with van der Waals surface area (Å²) < 4.78 is 7.55. The molecule has 6 nitrogen and oxygen atoms in total. The lowest BCUT2D eigenvalue weighted by Gasteiger charge is -2.14. The Morgan fingerprint density at radius 2 is 1.86 bits per heavy atom. The number of nitrogens with zero attached hydrogens (tertiary/aromatic N) is 3. The molecule has 0 bridgehead atoms. The maximum Gasteiger partial charge on any atom is 0.191 e. The van der Waals surface area contributed by atoms with E-state index in [1.807, 2.05) is 36.7 Å². The standard InChI is InChI=1S/C22H27N5O/c1-23-22(25-13-12-19-10-6-7-11-20(19)28-2)26-16-21-24-14-15-27(21)17-18-8-4-3-5-9-18/h3-11,14-15H,12-13,16-17H2,1-2H3,(H2,23,25,26). The number of imidazole rings is 1. The first-order valence-electron chi connectivity index (χ1n) is 9.40. The van der Waals surface area contributed by atoms with Gasteiger partial charge in [-0.3, -0.25) is 4.99 Å². The zero-order valence-electron chi connectivity index (χ0n) is 16.4. The Hall–Kier alpha value is -3.28. The van der Waals surface area contributed by atoms with E-state index in [4.69, 9.17) is 4.74 Å². The molecule has 0 saturated carbocycles. The predicted molar refractivity (Wildman–Crippen MR) is 113 cm³/mol. The van der Waals surface area contributed by atoms with Gasteiger partial charge in [0.2, 0.25) is 0 Å². The minimum Gasteiger partial charge on any atom is -0.496 e. The van der Waals surface area contributed by atoms with Crippen LogP contribution >= 0.6 is 0 Å². The summed E-state index contributed by atoms with van der Waals surface area (Å²) in [5, 5.41) is 6.68. The Morgan fingerprint density at radius 3 is 2.64 bits per heavy atom. The maximum absolute atomic E-state index is 5.40. The van der Waals surface area contributed by atoms with Crippen molar-refractivity contribution in [1.82, 2.24) is 20.2 Å². The smallest absolute Gasteiger partial charge is 0.191 e. The van der Waals surface area contributed by atoms with Crippen LogP contribution in [-0.4, -0.2) is 36.2 Å². The van der Waals surface area contributed by atoms with Crippen LogP contribution in [0, 0.1) is 0 Å². The molecule has 3 rings (SSSR count). The van der Waals surface area contributed by atoms with E-state index in [0.29, 0.717) is 6.54 Å². The van der Waals surface area contributed by atoms with E-state index in [-0.39, 0.29) is 0 Å². The molecular weight excluding hydrogens is 350 g/mol. The summed E-state index contributed by atoms with van der Waals surface area (Å²) in [5.41, 5.74) is 2.42. The normalized spacial score (nSPS) is 11.3. The largest absolute Gasteiger partial charge is 0.496 e. The van der Waals surface area contributed by atoms with Crippen LogP contribution in [0.5, 0.6) is 5.75 Å². The number of ether oxygens (including phenoxy) is 1. The van der Waals surface area contributed by atoms with Gasteiger partial charge in [0.25, 0.3) is 0 Å². The zero-order valence-corrected chi connectivity index (χ0v) is 16.4. The molecule has 28 heavy (non-hydrogen) atoms. The van der Waals surface area contributed by atoms with Gasteiger partial charge in [0.05, 0.1) is 13.7 Å². The molecule has 1 aromatic heterocycles. The van der Waals surface area contributed by atoms with E-state index in [0.717, 1.165) is 37.0 Å². The van der Waals surface area contributed by atoms with Crippen molar-refractivity contribution in [2.24, 2.45) is 4.99 Å². The molecule has 6 heteroatoms. The first-order valence-corrected chi connectivity index (χ1v) is 9.40. The summed E-state index contributed by atoms with van der Waals surface area (Å²) in [5.74, 6) is 2.64. The second-order valence-corrected chi connectivity index (χ2v) is 6.37. The van der Waals surface area contributed by atoms with Crippen LogP contribution < -0.4 is 15.4 Å². The van der Waals surface area contributed by atoms with Crippen LogP contribution in [0.2, 0.25) is 0 Å². The highest BCUT2D eigenvalue weighted by molar-refractivity contribution is 5.79. The third-order valence-corrected chi connectivity index (χ3v) is 4.51. The molecule has 0 saturated heterocycles. The fourth-order valence-corrected chi connectivity index (χ4v) is 3.04. The van der Waals surface area contributed by atoms with E-state index in [9.17, 15) is 0 Å². The first kappa shape index (κ1) is 19.5. The number of aliphatic imine (C=N–C) groups is 1. The van der Waals surface area contributed by atoms with Crippen LogP contribution in [-0.2, 0) is 19.5 Å². The second-order valence-electron chi connectivity index (χ2n) is 6.37. The van der Waals surface area contributed by atoms with Gasteiger partial charge in [-0.1, -0.05) is 48.5 Å². The van der Waals surface area contributed by atoms with Gasteiger partial charge in [0.15, 0.2) is 5.96 Å². The molecule has 0 fully saturated rings. The molecule has 3 aromatic rings. The highest BCUT2D eigenvalue weighted by Crippen LogP contribution is 2.17. The number of benzene rings is 2. The van der Waals surface area contributed by atoms with Gasteiger partial charge in [-0.25, -0.2) is 4.98 Å². The quantitative estimate of drug-likeness (QED) is 0.468. The number of para-hydroxylation sites is 1. The summed E-state index contributed by atoms with van der Waals surface area (Å²) >= 11 is 0. The molecule has 0 aliphatic heterocycles. The molecule has 146 valence electrons. The van der Waals surface area contributed by atoms with Crippen molar-refractivity contribution in [3.63, 3.8) is 0 Å². The lowest BCUT2D eigenvalue weighted by atomic mass is 10.1. The molecule has 0 aliphatic carbocycles. The van der Waals surface area contributed by atoms with E-state index >= 15 is 0 Å². The highest BCUT2D eigenvalue weighted by Gasteiger charge is 2.06. The van der Waals surface area contributed by atoms with Crippen LogP contribution in [0.1, 0.15) is 17.0 Å². The van der Waals surface area contributed by atoms with Crippen LogP contribution in [0.4, 0.5) is 0 Å². The van der Waals surface area contributed by atoms with Crippen LogP contribution in [0.25, 0.3) is 0 Å². The number of aromatic nitrogens is 2. The molecule has 0 atom stereocenters. The second kappa shape index (κ2) is 10.2. The lowest BCUT2D eigenvalue weighted by Crippen LogP contribution is -2.38. The fourth-order valence-electron chi connectivity index (χ4n) is 3.04. The molecule has 0 unspecified atom stereocenters. The number of hydrogen-bond acceptors (Lipinski definition) is 3. The number of guanidine groups is 1. The zero-order chi connectivity index (χ0) is 19.6. The summed E-state index contributed by atoms with van der Waals surface area (Å²) in [4.78, 5) is 8.77. The predicted octanol–water partition coefficient (Wildman–Crippen LogP) is 2.85. The van der Waals surface area contributed by atoms with E-state index in [1.54, 1.807) is 14.2 Å². The minimum absolute atomic E-state index is 0.605. The summed E-state index contributed by atoms with van der Waals surface area (Å²) in [6.07, 6.45) is 4.69. The summed E-state index contributed by atoms with van der Waals surface area (Å²) in [7, 11) is 3.47. The van der Waals surface area contributed by atoms with E-state index < -0.39 is 0 Å². The summed E-state index contributed by atoms with van der Waals surface area (Å²) in [6.45, 7) is 2.17. The van der Waals surface area contributed by atoms with Gasteiger partial charge >= 0.3 is 0 Å². The van der Waals surface area contributed by atoms with Crippen molar-refractivity contribution < 1.29 is 4.74 Å². The van der Waals surface area contributed by atoms with Crippen molar-refractivity contribution >= 4 is 5.96 Å². The van der Waals surface area contributed by atoms with Crippen molar-refractivity contribution in [2.75, 3.05) is 20.7 Å². The molecule has 2 N–H and O–H groups in total. The molecule has 0 aliphatic rings. The van der Waals surface area contributed by atoms with Gasteiger partial charge in [-0.2, -0.15) is 0 Å². The Bertz CT molecular complexity index is 889. The van der Waals surface area contributed by atoms with Gasteiger partial charge in [-0.15, -0.1) is 0 Å². The Balaban J connectivity index is 1.50. The molecule has 0 radical (unpaired) electrons. The van der Waals surface area contributed by atoms with E-state index in [2.05, 4.69) is 55.5 Å². The Labute approximate surface area is 166 Å². The Kier molecular flexibility index (Phi) is 7.07. The number of nitrogens with one attached hydrogen (secondary N) is 2. The monoisotopic (exact) mass is 377 g/mol. The number of hydrogen-bond donors (Lipinski definition) is 2. The topological polar surface area (TPSA) is 63.5 Å². The average Bonchev–Trinajstić information content (AvgIpc) is 3.18. The molecule has 0 spiro atoms. The van der Waals surface area contributed by atoms with Gasteiger partial charge in [0.1, 0.15) is 11.6 Å². The Morgan fingerprint density at radius 1 is 1.07 bits per heavy atom. The van der Waals surface area contributed by atoms with Crippen molar-refractivity contribution in [3.05, 3.63) is 83.9 Å². The maximum atomic E-state index is 5.40. The van der Waals surface area contributed by atoms with Gasteiger partial charge in [-0.05, 0) is 23.6 Å².